The van der Waals surface area contributed by atoms with E-state index in [1.54, 1.807) is 0 Å². The van der Waals surface area contributed by atoms with Gasteiger partial charge in [-0.15, -0.1) is 0 Å². The molecule has 21 heavy (non-hydrogen) atoms. The molecule has 0 aromatic heterocycles. The van der Waals surface area contributed by atoms with Gasteiger partial charge in [-0.1, -0.05) is 32.0 Å². The molecular formula is C19H31NO. The van der Waals surface area contributed by atoms with Gasteiger partial charge in [0, 0.05) is 17.6 Å². The minimum absolute atomic E-state index is 0.217. The first-order chi connectivity index (χ1) is 9.87. The minimum Gasteiger partial charge on any atom is -0.491 e. The third-order valence-electron chi connectivity index (χ3n) is 4.57. The lowest BCUT2D eigenvalue weighted by molar-refractivity contribution is 0.197. The van der Waals surface area contributed by atoms with Crippen molar-refractivity contribution in [3.63, 3.8) is 0 Å². The SMILES string of the molecule is CC(C)Oc1ccccc1C(C)NC1CCC(C)(C)CC1. The Bertz CT molecular complexity index is 443. The Kier molecular flexibility index (Phi) is 5.32. The summed E-state index contributed by atoms with van der Waals surface area (Å²) >= 11 is 0. The van der Waals surface area contributed by atoms with Crippen LogP contribution in [0.2, 0.25) is 0 Å². The summed E-state index contributed by atoms with van der Waals surface area (Å²) in [5.41, 5.74) is 1.80. The molecule has 0 aliphatic heterocycles. The molecule has 2 heteroatoms. The zero-order valence-electron chi connectivity index (χ0n) is 14.3. The van der Waals surface area contributed by atoms with Gasteiger partial charge in [-0.3, -0.25) is 0 Å². The van der Waals surface area contributed by atoms with E-state index in [1.807, 2.05) is 0 Å². The van der Waals surface area contributed by atoms with Crippen molar-refractivity contribution in [2.75, 3.05) is 0 Å². The van der Waals surface area contributed by atoms with Crippen molar-refractivity contribution < 1.29 is 4.74 Å². The van der Waals surface area contributed by atoms with Crippen LogP contribution in [0.15, 0.2) is 24.3 Å². The summed E-state index contributed by atoms with van der Waals surface area (Å²) in [5.74, 6) is 1.02. The number of rotatable bonds is 5. The maximum absolute atomic E-state index is 5.95. The summed E-state index contributed by atoms with van der Waals surface area (Å²) in [4.78, 5) is 0. The topological polar surface area (TPSA) is 21.3 Å². The number of para-hydroxylation sites is 1. The predicted octanol–water partition coefficient (Wildman–Crippen LogP) is 5.09. The van der Waals surface area contributed by atoms with Gasteiger partial charge in [-0.25, -0.2) is 0 Å². The van der Waals surface area contributed by atoms with Crippen LogP contribution in [0.1, 0.15) is 71.9 Å². The fourth-order valence-electron chi connectivity index (χ4n) is 3.21. The van der Waals surface area contributed by atoms with Crippen LogP contribution in [-0.2, 0) is 0 Å². The lowest BCUT2D eigenvalue weighted by Gasteiger charge is -2.36. The molecule has 1 aliphatic carbocycles. The molecule has 1 aliphatic rings. The van der Waals surface area contributed by atoms with E-state index in [1.165, 1.54) is 31.2 Å². The van der Waals surface area contributed by atoms with Crippen LogP contribution < -0.4 is 10.1 Å². The molecule has 2 rings (SSSR count). The number of hydrogen-bond donors (Lipinski definition) is 1. The highest BCUT2D eigenvalue weighted by molar-refractivity contribution is 5.35. The van der Waals surface area contributed by atoms with E-state index in [4.69, 9.17) is 4.74 Å². The third-order valence-corrected chi connectivity index (χ3v) is 4.57. The monoisotopic (exact) mass is 289 g/mol. The van der Waals surface area contributed by atoms with Crippen molar-refractivity contribution in [3.05, 3.63) is 29.8 Å². The van der Waals surface area contributed by atoms with Crippen LogP contribution in [0, 0.1) is 5.41 Å². The smallest absolute Gasteiger partial charge is 0.124 e. The maximum Gasteiger partial charge on any atom is 0.124 e. The van der Waals surface area contributed by atoms with E-state index in [0.29, 0.717) is 17.5 Å². The highest BCUT2D eigenvalue weighted by Gasteiger charge is 2.27. The molecule has 0 bridgehead atoms. The van der Waals surface area contributed by atoms with Crippen molar-refractivity contribution in [2.45, 2.75) is 78.5 Å². The van der Waals surface area contributed by atoms with Gasteiger partial charge in [0.2, 0.25) is 0 Å². The lowest BCUT2D eigenvalue weighted by atomic mass is 9.75. The zero-order valence-corrected chi connectivity index (χ0v) is 14.3. The van der Waals surface area contributed by atoms with Crippen molar-refractivity contribution in [1.82, 2.24) is 5.32 Å². The second-order valence-electron chi connectivity index (χ2n) is 7.53. The van der Waals surface area contributed by atoms with Crippen LogP contribution >= 0.6 is 0 Å². The molecule has 2 nitrogen and oxygen atoms in total. The second kappa shape index (κ2) is 6.83. The van der Waals surface area contributed by atoms with Crippen molar-refractivity contribution in [2.24, 2.45) is 5.41 Å². The molecule has 0 heterocycles. The van der Waals surface area contributed by atoms with E-state index in [0.717, 1.165) is 5.75 Å². The van der Waals surface area contributed by atoms with Crippen LogP contribution in [0.3, 0.4) is 0 Å². The summed E-state index contributed by atoms with van der Waals surface area (Å²) in [7, 11) is 0. The fourth-order valence-corrected chi connectivity index (χ4v) is 3.21. The molecule has 1 fully saturated rings. The molecule has 0 spiro atoms. The Morgan fingerprint density at radius 2 is 1.71 bits per heavy atom. The molecule has 118 valence electrons. The number of ether oxygens (including phenoxy) is 1. The number of nitrogens with one attached hydrogen (secondary N) is 1. The largest absolute Gasteiger partial charge is 0.491 e. The molecule has 1 aromatic rings. The van der Waals surface area contributed by atoms with E-state index in [-0.39, 0.29) is 6.10 Å². The average molecular weight is 289 g/mol. The summed E-state index contributed by atoms with van der Waals surface area (Å²) < 4.78 is 5.95. The Balaban J connectivity index is 1.99. The average Bonchev–Trinajstić information content (AvgIpc) is 2.41. The highest BCUT2D eigenvalue weighted by Crippen LogP contribution is 2.36. The van der Waals surface area contributed by atoms with Gasteiger partial charge < -0.3 is 10.1 Å². The Morgan fingerprint density at radius 1 is 1.10 bits per heavy atom. The fraction of sp³-hybridized carbons (Fsp3) is 0.684. The summed E-state index contributed by atoms with van der Waals surface area (Å²) in [6, 6.07) is 9.40. The molecule has 1 aromatic carbocycles. The van der Waals surface area contributed by atoms with Gasteiger partial charge in [0.25, 0.3) is 0 Å². The first kappa shape index (κ1) is 16.4. The van der Waals surface area contributed by atoms with Gasteiger partial charge in [0.05, 0.1) is 6.10 Å². The summed E-state index contributed by atoms with van der Waals surface area (Å²) in [5, 5.41) is 3.81. The molecule has 0 saturated heterocycles. The van der Waals surface area contributed by atoms with Gasteiger partial charge in [0.1, 0.15) is 5.75 Å². The van der Waals surface area contributed by atoms with Gasteiger partial charge in [0.15, 0.2) is 0 Å². The van der Waals surface area contributed by atoms with E-state index >= 15 is 0 Å². The standard InChI is InChI=1S/C19H31NO/c1-14(2)21-18-9-7-6-8-17(18)15(3)20-16-10-12-19(4,5)13-11-16/h6-9,14-16,20H,10-13H2,1-5H3. The first-order valence-electron chi connectivity index (χ1n) is 8.39. The van der Waals surface area contributed by atoms with Crippen LogP contribution in [0.5, 0.6) is 5.75 Å². The predicted molar refractivity (Wildman–Crippen MR) is 89.8 cm³/mol. The van der Waals surface area contributed by atoms with Crippen molar-refractivity contribution in [3.8, 4) is 5.75 Å². The van der Waals surface area contributed by atoms with Gasteiger partial charge >= 0.3 is 0 Å². The number of benzene rings is 1. The van der Waals surface area contributed by atoms with Crippen molar-refractivity contribution >= 4 is 0 Å². The van der Waals surface area contributed by atoms with Gasteiger partial charge in [-0.2, -0.15) is 0 Å². The van der Waals surface area contributed by atoms with Crippen LogP contribution in [-0.4, -0.2) is 12.1 Å². The molecule has 1 atom stereocenters. The second-order valence-corrected chi connectivity index (χ2v) is 7.53. The van der Waals surface area contributed by atoms with Gasteiger partial charge in [-0.05, 0) is 57.9 Å². The maximum atomic E-state index is 5.95. The minimum atomic E-state index is 0.217. The molecule has 0 amide bonds. The quantitative estimate of drug-likeness (QED) is 0.815. The third kappa shape index (κ3) is 4.74. The Labute approximate surface area is 130 Å². The van der Waals surface area contributed by atoms with Crippen LogP contribution in [0.4, 0.5) is 0 Å². The van der Waals surface area contributed by atoms with Crippen LogP contribution in [0.25, 0.3) is 0 Å². The van der Waals surface area contributed by atoms with E-state index < -0.39 is 0 Å². The molecule has 1 unspecified atom stereocenters. The summed E-state index contributed by atoms with van der Waals surface area (Å²) in [6.07, 6.45) is 5.42. The highest BCUT2D eigenvalue weighted by atomic mass is 16.5. The van der Waals surface area contributed by atoms with Crippen molar-refractivity contribution in [1.29, 1.82) is 0 Å². The first-order valence-corrected chi connectivity index (χ1v) is 8.39. The van der Waals surface area contributed by atoms with E-state index in [9.17, 15) is 0 Å². The van der Waals surface area contributed by atoms with E-state index in [2.05, 4.69) is 64.2 Å². The molecule has 1 N–H and O–H groups in total. The Hall–Kier alpha value is -1.02. The molecule has 1 saturated carbocycles. The zero-order chi connectivity index (χ0) is 15.5. The number of hydrogen-bond acceptors (Lipinski definition) is 2. The molecule has 0 radical (unpaired) electrons. The lowest BCUT2D eigenvalue weighted by Crippen LogP contribution is -2.37. The molecular weight excluding hydrogens is 258 g/mol. The summed E-state index contributed by atoms with van der Waals surface area (Å²) in [6.45, 7) is 11.2. The normalized spacial score (nSPS) is 20.5. The Morgan fingerprint density at radius 3 is 2.33 bits per heavy atom.